The van der Waals surface area contributed by atoms with Crippen molar-refractivity contribution in [3.8, 4) is 27.8 Å². The van der Waals surface area contributed by atoms with E-state index in [-0.39, 0.29) is 35.8 Å². The highest BCUT2D eigenvalue weighted by Crippen LogP contribution is 2.64. The van der Waals surface area contributed by atoms with Crippen LogP contribution in [0.4, 0.5) is 11.5 Å². The third-order valence-corrected chi connectivity index (χ3v) is 15.6. The smallest absolute Gasteiger partial charge is 0.242 e. The van der Waals surface area contributed by atoms with E-state index in [4.69, 9.17) is 26.2 Å². The minimum absolute atomic E-state index is 0.112. The number of carbonyl (C=O) groups is 4. The van der Waals surface area contributed by atoms with Crippen LogP contribution in [0.2, 0.25) is 5.02 Å². The number of halogens is 1. The standard InChI is InChI=1S/C51H45ClN4O7S/c1-26-21-30(11-18-40(26)57)45-34-16-17-35-44(49(60)55(47(35)58)32-13-8-28(9-14-32)7-10-29-22-33(62-5)15-19-41(29)63-6)37(34)24-38-48(59)56(50(61)51(38,45)3)43-25-39(53-54(43)4)46-27(2)36-23-31(52)12-20-42(36)64-46/h7-16,18-23,25,35,37-38,44-45,57H,17,24H2,1-6H3. The fourth-order valence-electron chi connectivity index (χ4n) is 10.8. The monoisotopic (exact) mass is 892 g/mol. The van der Waals surface area contributed by atoms with E-state index < -0.39 is 35.0 Å². The summed E-state index contributed by atoms with van der Waals surface area (Å²) in [6.07, 6.45) is 6.40. The number of rotatable bonds is 8. The van der Waals surface area contributed by atoms with Gasteiger partial charge >= 0.3 is 0 Å². The first kappa shape index (κ1) is 41.5. The van der Waals surface area contributed by atoms with E-state index in [2.05, 4.69) is 0 Å². The Morgan fingerprint density at radius 2 is 1.64 bits per heavy atom. The van der Waals surface area contributed by atoms with Crippen molar-refractivity contribution in [1.29, 1.82) is 0 Å². The highest BCUT2D eigenvalue weighted by molar-refractivity contribution is 7.22. The Bertz CT molecular complexity index is 3040. The number of nitrogens with zero attached hydrogens (tertiary/aromatic N) is 4. The van der Waals surface area contributed by atoms with Crippen LogP contribution in [0.15, 0.2) is 96.6 Å². The summed E-state index contributed by atoms with van der Waals surface area (Å²) in [7, 11) is 4.95. The first-order valence-corrected chi connectivity index (χ1v) is 22.4. The number of benzene rings is 4. The lowest BCUT2D eigenvalue weighted by Gasteiger charge is -2.49. The second-order valence-electron chi connectivity index (χ2n) is 17.5. The van der Waals surface area contributed by atoms with Gasteiger partial charge in [0.1, 0.15) is 28.8 Å². The van der Waals surface area contributed by atoms with Crippen LogP contribution in [0.3, 0.4) is 0 Å². The van der Waals surface area contributed by atoms with Crippen LogP contribution in [0, 0.1) is 42.9 Å². The van der Waals surface area contributed by atoms with Crippen molar-refractivity contribution in [3.05, 3.63) is 129 Å². The van der Waals surface area contributed by atoms with E-state index in [0.717, 1.165) is 42.8 Å². The average molecular weight is 893 g/mol. The molecular formula is C51H45ClN4O7S. The van der Waals surface area contributed by atoms with Crippen LogP contribution in [0.1, 0.15) is 53.5 Å². The number of phenols is 1. The summed E-state index contributed by atoms with van der Waals surface area (Å²) in [4.78, 5) is 62.9. The van der Waals surface area contributed by atoms with E-state index in [1.54, 1.807) is 74.5 Å². The summed E-state index contributed by atoms with van der Waals surface area (Å²) in [5, 5.41) is 17.1. The fraction of sp³-hybridized carbons (Fsp3) is 0.275. The number of methoxy groups -OCH3 is 2. The number of imide groups is 2. The van der Waals surface area contributed by atoms with Crippen molar-refractivity contribution in [2.75, 3.05) is 24.0 Å². The Morgan fingerprint density at radius 3 is 2.38 bits per heavy atom. The summed E-state index contributed by atoms with van der Waals surface area (Å²) in [6.45, 7) is 5.67. The Balaban J connectivity index is 0.994. The Hall–Kier alpha value is -6.50. The molecular weight excluding hydrogens is 848 g/mol. The van der Waals surface area contributed by atoms with Gasteiger partial charge in [0.2, 0.25) is 23.6 Å². The molecule has 0 spiro atoms. The van der Waals surface area contributed by atoms with Crippen LogP contribution in [0.25, 0.3) is 32.8 Å². The molecule has 2 aliphatic carbocycles. The van der Waals surface area contributed by atoms with Gasteiger partial charge in [0.05, 0.1) is 48.0 Å². The van der Waals surface area contributed by atoms with E-state index in [1.165, 1.54) is 9.80 Å². The zero-order valence-electron chi connectivity index (χ0n) is 36.1. The molecule has 0 bridgehead atoms. The molecule has 4 aliphatic rings. The predicted molar refractivity (Wildman–Crippen MR) is 249 cm³/mol. The molecule has 2 aliphatic heterocycles. The maximum absolute atomic E-state index is 15.3. The molecule has 10 rings (SSSR count). The number of ether oxygens (including phenoxy) is 2. The number of fused-ring (bicyclic) bond motifs is 5. The Labute approximate surface area is 379 Å². The van der Waals surface area contributed by atoms with E-state index in [1.807, 2.05) is 86.7 Å². The molecule has 2 saturated heterocycles. The molecule has 2 aromatic heterocycles. The van der Waals surface area contributed by atoms with Crippen molar-refractivity contribution in [2.45, 2.75) is 39.5 Å². The largest absolute Gasteiger partial charge is 0.508 e. The second kappa shape index (κ2) is 15.3. The van der Waals surface area contributed by atoms with Gasteiger partial charge in [-0.1, -0.05) is 59.7 Å². The van der Waals surface area contributed by atoms with Gasteiger partial charge in [0, 0.05) is 34.3 Å². The molecule has 6 atom stereocenters. The van der Waals surface area contributed by atoms with Gasteiger partial charge in [-0.2, -0.15) is 5.10 Å². The van der Waals surface area contributed by atoms with Crippen LogP contribution >= 0.6 is 22.9 Å². The third kappa shape index (κ3) is 6.24. The zero-order chi connectivity index (χ0) is 44.9. The number of carbonyl (C=O) groups excluding carboxylic acids is 4. The van der Waals surface area contributed by atoms with Crippen LogP contribution in [0.5, 0.6) is 17.2 Å². The van der Waals surface area contributed by atoms with Crippen molar-refractivity contribution < 1.29 is 33.8 Å². The summed E-state index contributed by atoms with van der Waals surface area (Å²) < 4.78 is 13.5. The zero-order valence-corrected chi connectivity index (χ0v) is 37.7. The fourth-order valence-corrected chi connectivity index (χ4v) is 12.1. The van der Waals surface area contributed by atoms with Gasteiger partial charge in [0.25, 0.3) is 0 Å². The number of phenolic OH excluding ortho intramolecular Hbond substituents is 1. The molecule has 6 unspecified atom stereocenters. The molecule has 1 N–H and O–H groups in total. The van der Waals surface area contributed by atoms with Gasteiger partial charge in [0.15, 0.2) is 0 Å². The number of aromatic hydroxyl groups is 1. The average Bonchev–Trinajstić information content (AvgIpc) is 3.96. The maximum atomic E-state index is 15.3. The second-order valence-corrected chi connectivity index (χ2v) is 18.9. The Morgan fingerprint density at radius 1 is 0.859 bits per heavy atom. The number of aryl methyl sites for hydroxylation is 3. The van der Waals surface area contributed by atoms with Crippen molar-refractivity contribution >= 4 is 80.3 Å². The molecule has 324 valence electrons. The molecule has 13 heteroatoms. The molecule has 1 saturated carbocycles. The lowest BCUT2D eigenvalue weighted by Crippen LogP contribution is -2.49. The summed E-state index contributed by atoms with van der Waals surface area (Å²) in [5.41, 5.74) is 4.78. The van der Waals surface area contributed by atoms with Crippen molar-refractivity contribution in [2.24, 2.45) is 36.1 Å². The number of aromatic nitrogens is 2. The normalized spacial score (nSPS) is 24.1. The molecule has 64 heavy (non-hydrogen) atoms. The highest BCUT2D eigenvalue weighted by atomic mass is 35.5. The molecule has 6 aromatic rings. The van der Waals surface area contributed by atoms with E-state index >= 15 is 9.59 Å². The first-order chi connectivity index (χ1) is 30.7. The number of hydrogen-bond acceptors (Lipinski definition) is 9. The molecule has 4 heterocycles. The Kier molecular flexibility index (Phi) is 9.95. The SMILES string of the molecule is COc1ccc(OC)c(C=Cc2ccc(N3C(=O)C4CC=C5C(CC6C(=O)N(c7cc(-c8sc9ccc(Cl)cc9c8C)nn7C)C(=O)C6(C)C5c5ccc(O)c(C)c5)C4C3=O)cc2)c1. The molecule has 11 nitrogen and oxygen atoms in total. The van der Waals surface area contributed by atoms with Gasteiger partial charge in [-0.15, -0.1) is 11.3 Å². The highest BCUT2D eigenvalue weighted by Gasteiger charge is 2.68. The van der Waals surface area contributed by atoms with Crippen molar-refractivity contribution in [3.63, 3.8) is 0 Å². The summed E-state index contributed by atoms with van der Waals surface area (Å²) in [5.74, 6) is -2.77. The predicted octanol–water partition coefficient (Wildman–Crippen LogP) is 9.90. The topological polar surface area (TPSA) is 131 Å². The number of thiophene rings is 1. The van der Waals surface area contributed by atoms with Crippen LogP contribution < -0.4 is 19.3 Å². The minimum atomic E-state index is -1.26. The van der Waals surface area contributed by atoms with Crippen LogP contribution in [-0.4, -0.2) is 52.7 Å². The van der Waals surface area contributed by atoms with Gasteiger partial charge in [-0.25, -0.2) is 4.90 Å². The summed E-state index contributed by atoms with van der Waals surface area (Å²) in [6, 6.07) is 25.7. The van der Waals surface area contributed by atoms with E-state index in [9.17, 15) is 14.7 Å². The third-order valence-electron chi connectivity index (χ3n) is 14.1. The molecule has 3 fully saturated rings. The van der Waals surface area contributed by atoms with E-state index in [0.29, 0.717) is 45.7 Å². The first-order valence-electron chi connectivity index (χ1n) is 21.2. The lowest BCUT2D eigenvalue weighted by atomic mass is 9.51. The number of hydrogen-bond donors (Lipinski definition) is 1. The number of anilines is 2. The van der Waals surface area contributed by atoms with Crippen LogP contribution in [-0.2, 0) is 26.2 Å². The number of amides is 4. The summed E-state index contributed by atoms with van der Waals surface area (Å²) >= 11 is 7.92. The van der Waals surface area contributed by atoms with Crippen molar-refractivity contribution in [1.82, 2.24) is 9.78 Å². The lowest BCUT2D eigenvalue weighted by molar-refractivity contribution is -0.131. The van der Waals surface area contributed by atoms with Gasteiger partial charge < -0.3 is 14.6 Å². The molecule has 0 radical (unpaired) electrons. The minimum Gasteiger partial charge on any atom is -0.508 e. The molecule has 4 aromatic carbocycles. The quantitative estimate of drug-likeness (QED) is 0.0908. The number of allylic oxidation sites excluding steroid dienone is 2. The molecule has 4 amide bonds. The maximum Gasteiger partial charge on any atom is 0.242 e. The van der Waals surface area contributed by atoms with Gasteiger partial charge in [-0.05, 0) is 122 Å². The van der Waals surface area contributed by atoms with Gasteiger partial charge in [-0.3, -0.25) is 28.8 Å².